The van der Waals surface area contributed by atoms with Gasteiger partial charge in [-0.1, -0.05) is 17.7 Å². The van der Waals surface area contributed by atoms with Crippen LogP contribution in [0.3, 0.4) is 0 Å². The fourth-order valence-electron chi connectivity index (χ4n) is 2.59. The molecule has 1 N–H and O–H groups in total. The van der Waals surface area contributed by atoms with Crippen LogP contribution in [0.25, 0.3) is 0 Å². The number of amides is 1. The van der Waals surface area contributed by atoms with Crippen molar-refractivity contribution in [1.29, 1.82) is 0 Å². The van der Waals surface area contributed by atoms with E-state index in [4.69, 9.17) is 16.3 Å². The van der Waals surface area contributed by atoms with Gasteiger partial charge in [-0.15, -0.1) is 0 Å². The molecule has 20 heavy (non-hydrogen) atoms. The van der Waals surface area contributed by atoms with E-state index in [1.54, 1.807) is 13.2 Å². The SMILES string of the molecule is CNC[C@H]1CCN(C(=O)Cc2ccc(OC)cc2Cl)C1. The Kier molecular flexibility index (Phi) is 5.26. The quantitative estimate of drug-likeness (QED) is 0.903. The van der Waals surface area contributed by atoms with Crippen molar-refractivity contribution in [3.63, 3.8) is 0 Å². The topological polar surface area (TPSA) is 41.6 Å². The van der Waals surface area contributed by atoms with Crippen LogP contribution in [0.15, 0.2) is 18.2 Å². The molecule has 1 heterocycles. The van der Waals surface area contributed by atoms with Crippen molar-refractivity contribution >= 4 is 17.5 Å². The smallest absolute Gasteiger partial charge is 0.227 e. The summed E-state index contributed by atoms with van der Waals surface area (Å²) in [7, 11) is 3.55. The lowest BCUT2D eigenvalue weighted by molar-refractivity contribution is -0.129. The molecule has 1 aromatic carbocycles. The Morgan fingerprint density at radius 3 is 3.00 bits per heavy atom. The fourth-order valence-corrected chi connectivity index (χ4v) is 2.82. The van der Waals surface area contributed by atoms with Gasteiger partial charge >= 0.3 is 0 Å². The molecule has 1 amide bonds. The number of carbonyl (C=O) groups is 1. The van der Waals surface area contributed by atoms with Crippen LogP contribution in [0.5, 0.6) is 5.75 Å². The molecular formula is C15H21ClN2O2. The summed E-state index contributed by atoms with van der Waals surface area (Å²) in [5.74, 6) is 1.42. The van der Waals surface area contributed by atoms with Crippen LogP contribution in [-0.4, -0.2) is 44.6 Å². The maximum absolute atomic E-state index is 12.3. The number of nitrogens with zero attached hydrogens (tertiary/aromatic N) is 1. The minimum Gasteiger partial charge on any atom is -0.497 e. The van der Waals surface area contributed by atoms with Gasteiger partial charge in [0.2, 0.25) is 5.91 Å². The Labute approximate surface area is 125 Å². The number of hydrogen-bond donors (Lipinski definition) is 1. The maximum Gasteiger partial charge on any atom is 0.227 e. The van der Waals surface area contributed by atoms with E-state index in [0.29, 0.717) is 23.1 Å². The Morgan fingerprint density at radius 1 is 1.55 bits per heavy atom. The Hall–Kier alpha value is -1.26. The summed E-state index contributed by atoms with van der Waals surface area (Å²) >= 11 is 6.18. The summed E-state index contributed by atoms with van der Waals surface area (Å²) < 4.78 is 5.11. The summed E-state index contributed by atoms with van der Waals surface area (Å²) in [6.45, 7) is 2.65. The monoisotopic (exact) mass is 296 g/mol. The lowest BCUT2D eigenvalue weighted by Crippen LogP contribution is -2.31. The molecule has 1 aliphatic heterocycles. The minimum absolute atomic E-state index is 0.149. The predicted octanol–water partition coefficient (Wildman–Crippen LogP) is 1.96. The minimum atomic E-state index is 0.149. The van der Waals surface area contributed by atoms with Gasteiger partial charge < -0.3 is 15.0 Å². The standard InChI is InChI=1S/C15H21ClN2O2/c1-17-9-11-5-6-18(10-11)15(19)7-12-3-4-13(20-2)8-14(12)16/h3-4,8,11,17H,5-7,9-10H2,1-2H3/t11-/m1/s1. The molecule has 0 aromatic heterocycles. The van der Waals surface area contributed by atoms with Gasteiger partial charge in [-0.3, -0.25) is 4.79 Å². The molecule has 1 atom stereocenters. The van der Waals surface area contributed by atoms with Crippen molar-refractivity contribution in [1.82, 2.24) is 10.2 Å². The molecule has 4 nitrogen and oxygen atoms in total. The molecule has 5 heteroatoms. The van der Waals surface area contributed by atoms with Crippen LogP contribution in [0.2, 0.25) is 5.02 Å². The van der Waals surface area contributed by atoms with Crippen molar-refractivity contribution in [3.05, 3.63) is 28.8 Å². The highest BCUT2D eigenvalue weighted by molar-refractivity contribution is 6.31. The summed E-state index contributed by atoms with van der Waals surface area (Å²) in [6, 6.07) is 5.44. The Balaban J connectivity index is 1.95. The van der Waals surface area contributed by atoms with Gasteiger partial charge in [-0.2, -0.15) is 0 Å². The average molecular weight is 297 g/mol. The fraction of sp³-hybridized carbons (Fsp3) is 0.533. The second-order valence-corrected chi connectivity index (χ2v) is 5.59. The lowest BCUT2D eigenvalue weighted by atomic mass is 10.1. The summed E-state index contributed by atoms with van der Waals surface area (Å²) in [6.07, 6.45) is 1.43. The van der Waals surface area contributed by atoms with Gasteiger partial charge in [0.25, 0.3) is 0 Å². The first-order valence-electron chi connectivity index (χ1n) is 6.88. The summed E-state index contributed by atoms with van der Waals surface area (Å²) in [5.41, 5.74) is 0.856. The number of rotatable bonds is 5. The maximum atomic E-state index is 12.3. The van der Waals surface area contributed by atoms with E-state index in [2.05, 4.69) is 5.32 Å². The largest absolute Gasteiger partial charge is 0.497 e. The second-order valence-electron chi connectivity index (χ2n) is 5.19. The van der Waals surface area contributed by atoms with Gasteiger partial charge in [-0.05, 0) is 43.6 Å². The first kappa shape index (κ1) is 15.1. The molecule has 2 rings (SSSR count). The molecule has 0 aliphatic carbocycles. The Morgan fingerprint density at radius 2 is 2.35 bits per heavy atom. The van der Waals surface area contributed by atoms with E-state index in [-0.39, 0.29) is 5.91 Å². The van der Waals surface area contributed by atoms with Gasteiger partial charge in [0.1, 0.15) is 5.75 Å². The third-order valence-electron chi connectivity index (χ3n) is 3.73. The lowest BCUT2D eigenvalue weighted by Gasteiger charge is -2.17. The first-order chi connectivity index (χ1) is 9.63. The highest BCUT2D eigenvalue weighted by atomic mass is 35.5. The molecule has 0 radical (unpaired) electrons. The number of methoxy groups -OCH3 is 1. The number of hydrogen-bond acceptors (Lipinski definition) is 3. The molecule has 110 valence electrons. The molecule has 0 saturated carbocycles. The molecule has 0 unspecified atom stereocenters. The molecular weight excluding hydrogens is 276 g/mol. The number of carbonyl (C=O) groups excluding carboxylic acids is 1. The third kappa shape index (κ3) is 3.64. The molecule has 1 aliphatic rings. The van der Waals surface area contributed by atoms with Crippen LogP contribution in [0.1, 0.15) is 12.0 Å². The van der Waals surface area contributed by atoms with Crippen LogP contribution >= 0.6 is 11.6 Å². The van der Waals surface area contributed by atoms with Crippen LogP contribution in [0.4, 0.5) is 0 Å². The number of benzene rings is 1. The van der Waals surface area contributed by atoms with Gasteiger partial charge in [0.15, 0.2) is 0 Å². The van der Waals surface area contributed by atoms with Crippen LogP contribution in [-0.2, 0) is 11.2 Å². The van der Waals surface area contributed by atoms with E-state index in [1.165, 1.54) is 0 Å². The average Bonchev–Trinajstić information content (AvgIpc) is 2.90. The predicted molar refractivity (Wildman–Crippen MR) is 80.3 cm³/mol. The summed E-state index contributed by atoms with van der Waals surface area (Å²) in [5, 5.41) is 3.75. The normalized spacial score (nSPS) is 18.4. The van der Waals surface area contributed by atoms with Crippen molar-refractivity contribution in [2.24, 2.45) is 5.92 Å². The van der Waals surface area contributed by atoms with Gasteiger partial charge in [-0.25, -0.2) is 0 Å². The van der Waals surface area contributed by atoms with E-state index in [1.807, 2.05) is 24.1 Å². The van der Waals surface area contributed by atoms with Gasteiger partial charge in [0, 0.05) is 18.1 Å². The van der Waals surface area contributed by atoms with Crippen LogP contribution < -0.4 is 10.1 Å². The highest BCUT2D eigenvalue weighted by Crippen LogP contribution is 2.24. The number of ether oxygens (including phenoxy) is 1. The molecule has 0 spiro atoms. The van der Waals surface area contributed by atoms with E-state index in [9.17, 15) is 4.79 Å². The van der Waals surface area contributed by atoms with Crippen molar-refractivity contribution in [2.75, 3.05) is 33.8 Å². The van der Waals surface area contributed by atoms with Crippen molar-refractivity contribution in [2.45, 2.75) is 12.8 Å². The molecule has 0 bridgehead atoms. The third-order valence-corrected chi connectivity index (χ3v) is 4.09. The Bertz CT molecular complexity index is 479. The zero-order valence-corrected chi connectivity index (χ0v) is 12.7. The van der Waals surface area contributed by atoms with E-state index < -0.39 is 0 Å². The van der Waals surface area contributed by atoms with E-state index >= 15 is 0 Å². The number of halogens is 1. The zero-order chi connectivity index (χ0) is 14.5. The van der Waals surface area contributed by atoms with Crippen LogP contribution in [0, 0.1) is 5.92 Å². The van der Waals surface area contributed by atoms with Crippen molar-refractivity contribution in [3.8, 4) is 5.75 Å². The van der Waals surface area contributed by atoms with Crippen molar-refractivity contribution < 1.29 is 9.53 Å². The highest BCUT2D eigenvalue weighted by Gasteiger charge is 2.25. The van der Waals surface area contributed by atoms with Gasteiger partial charge in [0.05, 0.1) is 13.5 Å². The zero-order valence-electron chi connectivity index (χ0n) is 12.0. The molecule has 1 fully saturated rings. The van der Waals surface area contributed by atoms with E-state index in [0.717, 1.165) is 31.6 Å². The summed E-state index contributed by atoms with van der Waals surface area (Å²) in [4.78, 5) is 14.2. The molecule has 1 aromatic rings. The number of likely N-dealkylation sites (tertiary alicyclic amines) is 1. The second kappa shape index (κ2) is 6.95. The molecule has 1 saturated heterocycles. The first-order valence-corrected chi connectivity index (χ1v) is 7.26. The number of nitrogens with one attached hydrogen (secondary N) is 1.